The Hall–Kier alpha value is -3.27. The van der Waals surface area contributed by atoms with Crippen molar-refractivity contribution < 1.29 is 23.5 Å². The maximum atomic E-state index is 12.8. The summed E-state index contributed by atoms with van der Waals surface area (Å²) in [5.41, 5.74) is 1.37. The van der Waals surface area contributed by atoms with Crippen molar-refractivity contribution in [3.05, 3.63) is 87.0 Å². The van der Waals surface area contributed by atoms with Gasteiger partial charge >= 0.3 is 0 Å². The molecule has 1 aromatic heterocycles. The van der Waals surface area contributed by atoms with E-state index in [0.717, 1.165) is 5.56 Å². The average Bonchev–Trinajstić information content (AvgIpc) is 3.40. The van der Waals surface area contributed by atoms with Gasteiger partial charge in [0.15, 0.2) is 15.3 Å². The van der Waals surface area contributed by atoms with Gasteiger partial charge in [-0.15, -0.1) is 0 Å². The van der Waals surface area contributed by atoms with E-state index in [1.165, 1.54) is 6.08 Å². The summed E-state index contributed by atoms with van der Waals surface area (Å²) < 4.78 is 16.8. The molecule has 0 fully saturated rings. The first-order valence-corrected chi connectivity index (χ1v) is 10.2. The summed E-state index contributed by atoms with van der Waals surface area (Å²) >= 11 is 2.03. The second kappa shape index (κ2) is 9.04. The number of carbonyl (C=O) groups is 2. The van der Waals surface area contributed by atoms with Crippen LogP contribution < -0.4 is 20.1 Å². The number of fused-ring (bicyclic) bond motifs is 1. The first-order chi connectivity index (χ1) is 14.6. The molecule has 0 aliphatic carbocycles. The molecule has 30 heavy (non-hydrogen) atoms. The van der Waals surface area contributed by atoms with E-state index in [1.54, 1.807) is 42.5 Å². The lowest BCUT2D eigenvalue weighted by molar-refractivity contribution is -0.117. The molecule has 2 N–H and O–H groups in total. The number of ether oxygens (including phenoxy) is 2. The van der Waals surface area contributed by atoms with Crippen LogP contribution in [0.4, 0.5) is 0 Å². The zero-order valence-electron chi connectivity index (χ0n) is 15.7. The van der Waals surface area contributed by atoms with Gasteiger partial charge in [-0.2, -0.15) is 0 Å². The monoisotopic (exact) mass is 516 g/mol. The van der Waals surface area contributed by atoms with Gasteiger partial charge in [0.1, 0.15) is 11.5 Å². The molecule has 8 heteroatoms. The number of carbonyl (C=O) groups excluding carboxylic acids is 2. The molecule has 2 aromatic carbocycles. The van der Waals surface area contributed by atoms with Crippen LogP contribution in [-0.2, 0) is 11.3 Å². The number of rotatable bonds is 6. The molecule has 1 aliphatic rings. The first kappa shape index (κ1) is 20.0. The van der Waals surface area contributed by atoms with Crippen molar-refractivity contribution in [1.82, 2.24) is 10.6 Å². The minimum absolute atomic E-state index is 0.0790. The number of benzene rings is 2. The number of halogens is 1. The van der Waals surface area contributed by atoms with E-state index in [2.05, 4.69) is 10.6 Å². The Kier molecular flexibility index (Phi) is 6.03. The van der Waals surface area contributed by atoms with Crippen LogP contribution in [0, 0.1) is 3.77 Å². The summed E-state index contributed by atoms with van der Waals surface area (Å²) in [6, 6.07) is 17.6. The van der Waals surface area contributed by atoms with E-state index in [4.69, 9.17) is 13.9 Å². The van der Waals surface area contributed by atoms with Gasteiger partial charge < -0.3 is 24.5 Å². The molecule has 3 aromatic rings. The highest BCUT2D eigenvalue weighted by Crippen LogP contribution is 2.32. The maximum Gasteiger partial charge on any atom is 0.268 e. The number of amides is 2. The number of hydrogen-bond acceptors (Lipinski definition) is 5. The van der Waals surface area contributed by atoms with E-state index in [-0.39, 0.29) is 24.9 Å². The Morgan fingerprint density at radius 3 is 2.57 bits per heavy atom. The third kappa shape index (κ3) is 4.82. The molecule has 152 valence electrons. The smallest absolute Gasteiger partial charge is 0.268 e. The van der Waals surface area contributed by atoms with Crippen LogP contribution in [0.1, 0.15) is 21.7 Å². The van der Waals surface area contributed by atoms with Gasteiger partial charge in [-0.1, -0.05) is 24.3 Å². The van der Waals surface area contributed by atoms with Crippen LogP contribution in [0.3, 0.4) is 0 Å². The van der Waals surface area contributed by atoms with Crippen LogP contribution in [0.15, 0.2) is 70.8 Å². The maximum absolute atomic E-state index is 12.8. The highest BCUT2D eigenvalue weighted by atomic mass is 127. The van der Waals surface area contributed by atoms with Crippen molar-refractivity contribution in [3.8, 4) is 11.5 Å². The SMILES string of the molecule is O=C(NCc1ccc2c(c1)OCO2)/C(=C/c1ccc(I)o1)NC(=O)c1ccccc1. The van der Waals surface area contributed by atoms with Gasteiger partial charge in [0.2, 0.25) is 6.79 Å². The molecular weight excluding hydrogens is 499 g/mol. The Balaban J connectivity index is 1.50. The van der Waals surface area contributed by atoms with Crippen molar-refractivity contribution in [2.75, 3.05) is 6.79 Å². The topological polar surface area (TPSA) is 89.8 Å². The van der Waals surface area contributed by atoms with Crippen molar-refractivity contribution in [2.24, 2.45) is 0 Å². The lowest BCUT2D eigenvalue weighted by Crippen LogP contribution is -2.34. The minimum atomic E-state index is -0.441. The lowest BCUT2D eigenvalue weighted by Gasteiger charge is -2.11. The van der Waals surface area contributed by atoms with Crippen LogP contribution >= 0.6 is 22.6 Å². The Morgan fingerprint density at radius 2 is 1.80 bits per heavy atom. The summed E-state index contributed by atoms with van der Waals surface area (Å²) in [7, 11) is 0. The second-order valence-corrected chi connectivity index (χ2v) is 7.45. The Morgan fingerprint density at radius 1 is 1.00 bits per heavy atom. The summed E-state index contributed by atoms with van der Waals surface area (Å²) in [6.07, 6.45) is 1.50. The highest BCUT2D eigenvalue weighted by molar-refractivity contribution is 14.1. The molecule has 2 amide bonds. The molecule has 0 saturated heterocycles. The van der Waals surface area contributed by atoms with E-state index in [1.807, 2.05) is 40.8 Å². The first-order valence-electron chi connectivity index (χ1n) is 9.08. The lowest BCUT2D eigenvalue weighted by atomic mass is 10.2. The normalized spacial score (nSPS) is 12.5. The van der Waals surface area contributed by atoms with E-state index >= 15 is 0 Å². The van der Waals surface area contributed by atoms with Gasteiger partial charge in [0, 0.05) is 18.2 Å². The zero-order valence-corrected chi connectivity index (χ0v) is 17.8. The fraction of sp³-hybridized carbons (Fsp3) is 0.0909. The van der Waals surface area contributed by atoms with Gasteiger partial charge in [-0.25, -0.2) is 0 Å². The fourth-order valence-electron chi connectivity index (χ4n) is 2.82. The summed E-state index contributed by atoms with van der Waals surface area (Å²) in [6.45, 7) is 0.440. The predicted octanol–water partition coefficient (Wildman–Crippen LogP) is 3.70. The Labute approximate surface area is 186 Å². The molecule has 7 nitrogen and oxygen atoms in total. The van der Waals surface area contributed by atoms with Crippen molar-refractivity contribution in [2.45, 2.75) is 6.54 Å². The number of nitrogens with one attached hydrogen (secondary N) is 2. The van der Waals surface area contributed by atoms with Crippen LogP contribution in [0.2, 0.25) is 0 Å². The van der Waals surface area contributed by atoms with Crippen LogP contribution in [0.25, 0.3) is 6.08 Å². The van der Waals surface area contributed by atoms with E-state index in [9.17, 15) is 9.59 Å². The van der Waals surface area contributed by atoms with Gasteiger partial charge in [0.05, 0.1) is 0 Å². The Bertz CT molecular complexity index is 1110. The molecule has 0 spiro atoms. The van der Waals surface area contributed by atoms with Crippen molar-refractivity contribution in [3.63, 3.8) is 0 Å². The molecule has 0 atom stereocenters. The number of furan rings is 1. The highest BCUT2D eigenvalue weighted by Gasteiger charge is 2.17. The van der Waals surface area contributed by atoms with Crippen molar-refractivity contribution in [1.29, 1.82) is 0 Å². The molecule has 0 saturated carbocycles. The predicted molar refractivity (Wildman–Crippen MR) is 118 cm³/mol. The third-order valence-electron chi connectivity index (χ3n) is 4.30. The molecule has 0 unspecified atom stereocenters. The second-order valence-electron chi connectivity index (χ2n) is 6.39. The third-order valence-corrected chi connectivity index (χ3v) is 4.88. The molecule has 2 heterocycles. The molecule has 0 radical (unpaired) electrons. The molecule has 4 rings (SSSR count). The minimum Gasteiger partial charge on any atom is -0.454 e. The molecule has 1 aliphatic heterocycles. The quantitative estimate of drug-likeness (QED) is 0.386. The van der Waals surface area contributed by atoms with Gasteiger partial charge in [-0.3, -0.25) is 9.59 Å². The van der Waals surface area contributed by atoms with Gasteiger partial charge in [0.25, 0.3) is 11.8 Å². The van der Waals surface area contributed by atoms with Gasteiger partial charge in [-0.05, 0) is 64.6 Å². The molecule has 0 bridgehead atoms. The van der Waals surface area contributed by atoms with Crippen LogP contribution in [0.5, 0.6) is 11.5 Å². The van der Waals surface area contributed by atoms with E-state index < -0.39 is 5.91 Å². The standard InChI is InChI=1S/C22H17IN2O5/c23-20-9-7-16(30-20)11-17(25-21(26)15-4-2-1-3-5-15)22(27)24-12-14-6-8-18-19(10-14)29-13-28-18/h1-11H,12-13H2,(H,24,27)(H,25,26)/b17-11-. The zero-order chi connectivity index (χ0) is 20.9. The number of hydrogen-bond donors (Lipinski definition) is 2. The summed E-state index contributed by atoms with van der Waals surface area (Å²) in [5.74, 6) is 0.943. The van der Waals surface area contributed by atoms with E-state index in [0.29, 0.717) is 26.6 Å². The van der Waals surface area contributed by atoms with Crippen molar-refractivity contribution >= 4 is 40.5 Å². The fourth-order valence-corrected chi connectivity index (χ4v) is 3.25. The van der Waals surface area contributed by atoms with Crippen LogP contribution in [-0.4, -0.2) is 18.6 Å². The summed E-state index contributed by atoms with van der Waals surface area (Å²) in [4.78, 5) is 25.4. The summed E-state index contributed by atoms with van der Waals surface area (Å²) in [5, 5.41) is 5.48. The average molecular weight is 516 g/mol. The molecular formula is C22H17IN2O5. The largest absolute Gasteiger partial charge is 0.454 e.